The smallest absolute Gasteiger partial charge is 0.281 e. The minimum atomic E-state index is 0.0394. The SMILES string of the molecule is CC(C)Cc1[nH]n(CCN(C)C)c(=O)c1Br. The van der Waals surface area contributed by atoms with Crippen molar-refractivity contribution in [3.8, 4) is 0 Å². The van der Waals surface area contributed by atoms with Gasteiger partial charge in [0.25, 0.3) is 5.56 Å². The molecule has 0 spiro atoms. The Kier molecular flexibility index (Phi) is 4.80. The molecule has 0 aliphatic heterocycles. The number of aromatic amines is 1. The van der Waals surface area contributed by atoms with E-state index in [0.29, 0.717) is 16.9 Å². The Labute approximate surface area is 105 Å². The van der Waals surface area contributed by atoms with Crippen LogP contribution in [-0.4, -0.2) is 35.3 Å². The topological polar surface area (TPSA) is 41.0 Å². The summed E-state index contributed by atoms with van der Waals surface area (Å²) >= 11 is 3.36. The van der Waals surface area contributed by atoms with Gasteiger partial charge in [0.2, 0.25) is 0 Å². The van der Waals surface area contributed by atoms with E-state index in [4.69, 9.17) is 0 Å². The molecular formula is C11H20BrN3O. The minimum Gasteiger partial charge on any atom is -0.308 e. The largest absolute Gasteiger partial charge is 0.308 e. The molecule has 1 N–H and O–H groups in total. The molecular weight excluding hydrogens is 270 g/mol. The molecule has 0 radical (unpaired) electrons. The molecule has 0 fully saturated rings. The fourth-order valence-electron chi connectivity index (χ4n) is 1.51. The van der Waals surface area contributed by atoms with E-state index in [9.17, 15) is 4.79 Å². The summed E-state index contributed by atoms with van der Waals surface area (Å²) in [5.74, 6) is 0.539. The maximum Gasteiger partial charge on any atom is 0.281 e. The summed E-state index contributed by atoms with van der Waals surface area (Å²) in [6.45, 7) is 5.83. The van der Waals surface area contributed by atoms with Crippen molar-refractivity contribution in [1.29, 1.82) is 0 Å². The van der Waals surface area contributed by atoms with Gasteiger partial charge in [-0.3, -0.25) is 14.6 Å². The highest BCUT2D eigenvalue weighted by Crippen LogP contribution is 2.13. The molecule has 1 aromatic heterocycles. The molecule has 0 amide bonds. The third-order valence-corrected chi connectivity index (χ3v) is 3.17. The molecule has 0 atom stereocenters. The van der Waals surface area contributed by atoms with E-state index in [1.54, 1.807) is 4.68 Å². The van der Waals surface area contributed by atoms with Crippen LogP contribution in [0.5, 0.6) is 0 Å². The summed E-state index contributed by atoms with van der Waals surface area (Å²) in [7, 11) is 4.00. The first-order valence-corrected chi connectivity index (χ1v) is 6.33. The number of halogens is 1. The maximum absolute atomic E-state index is 11.8. The van der Waals surface area contributed by atoms with E-state index in [1.165, 1.54) is 0 Å². The van der Waals surface area contributed by atoms with Crippen LogP contribution in [0.4, 0.5) is 0 Å². The fourth-order valence-corrected chi connectivity index (χ4v) is 1.98. The molecule has 1 aromatic rings. The van der Waals surface area contributed by atoms with Gasteiger partial charge in [0.1, 0.15) is 4.47 Å². The van der Waals surface area contributed by atoms with E-state index in [2.05, 4.69) is 39.8 Å². The minimum absolute atomic E-state index is 0.0394. The summed E-state index contributed by atoms with van der Waals surface area (Å²) in [6, 6.07) is 0. The Morgan fingerprint density at radius 1 is 1.44 bits per heavy atom. The summed E-state index contributed by atoms with van der Waals surface area (Å²) in [6.07, 6.45) is 0.894. The van der Waals surface area contributed by atoms with Crippen molar-refractivity contribution in [1.82, 2.24) is 14.7 Å². The van der Waals surface area contributed by atoms with Gasteiger partial charge in [-0.25, -0.2) is 0 Å². The molecule has 1 heterocycles. The first-order valence-electron chi connectivity index (χ1n) is 5.53. The normalized spacial score (nSPS) is 11.7. The lowest BCUT2D eigenvalue weighted by Crippen LogP contribution is -2.25. The Balaban J connectivity index is 2.83. The van der Waals surface area contributed by atoms with Gasteiger partial charge in [0.05, 0.1) is 12.2 Å². The fraction of sp³-hybridized carbons (Fsp3) is 0.727. The van der Waals surface area contributed by atoms with E-state index in [0.717, 1.165) is 18.7 Å². The maximum atomic E-state index is 11.8. The van der Waals surface area contributed by atoms with Crippen molar-refractivity contribution in [2.24, 2.45) is 5.92 Å². The van der Waals surface area contributed by atoms with Crippen molar-refractivity contribution in [3.05, 3.63) is 20.5 Å². The Hall–Kier alpha value is -0.550. The van der Waals surface area contributed by atoms with Crippen molar-refractivity contribution < 1.29 is 0 Å². The van der Waals surface area contributed by atoms with E-state index in [-0.39, 0.29) is 5.56 Å². The zero-order valence-electron chi connectivity index (χ0n) is 10.4. The molecule has 0 saturated carbocycles. The van der Waals surface area contributed by atoms with Gasteiger partial charge in [-0.1, -0.05) is 13.8 Å². The first kappa shape index (κ1) is 13.5. The van der Waals surface area contributed by atoms with Gasteiger partial charge < -0.3 is 4.90 Å². The number of nitrogens with one attached hydrogen (secondary N) is 1. The molecule has 16 heavy (non-hydrogen) atoms. The lowest BCUT2D eigenvalue weighted by molar-refractivity contribution is 0.369. The van der Waals surface area contributed by atoms with Crippen LogP contribution >= 0.6 is 15.9 Å². The molecule has 92 valence electrons. The van der Waals surface area contributed by atoms with Crippen molar-refractivity contribution >= 4 is 15.9 Å². The second-order valence-electron chi connectivity index (χ2n) is 4.76. The number of likely N-dealkylation sites (N-methyl/N-ethyl adjacent to an activating group) is 1. The van der Waals surface area contributed by atoms with Crippen LogP contribution in [0.1, 0.15) is 19.5 Å². The zero-order chi connectivity index (χ0) is 12.3. The van der Waals surface area contributed by atoms with Crippen molar-refractivity contribution in [2.45, 2.75) is 26.8 Å². The summed E-state index contributed by atoms with van der Waals surface area (Å²) < 4.78 is 2.35. The number of hydrogen-bond acceptors (Lipinski definition) is 2. The van der Waals surface area contributed by atoms with E-state index in [1.807, 2.05) is 14.1 Å². The number of H-pyrrole nitrogens is 1. The number of rotatable bonds is 5. The van der Waals surface area contributed by atoms with Crippen LogP contribution in [0, 0.1) is 5.92 Å². The third kappa shape index (κ3) is 3.49. The van der Waals surface area contributed by atoms with Gasteiger partial charge in [0.15, 0.2) is 0 Å². The molecule has 1 rings (SSSR count). The van der Waals surface area contributed by atoms with Crippen LogP contribution in [-0.2, 0) is 13.0 Å². The predicted molar refractivity (Wildman–Crippen MR) is 69.8 cm³/mol. The van der Waals surface area contributed by atoms with Crippen molar-refractivity contribution in [2.75, 3.05) is 20.6 Å². The quantitative estimate of drug-likeness (QED) is 0.896. The van der Waals surface area contributed by atoms with Crippen LogP contribution in [0.3, 0.4) is 0 Å². The molecule has 4 nitrogen and oxygen atoms in total. The molecule has 0 bridgehead atoms. The number of aromatic nitrogens is 2. The predicted octanol–water partition coefficient (Wildman–Crippen LogP) is 1.70. The Morgan fingerprint density at radius 3 is 2.56 bits per heavy atom. The van der Waals surface area contributed by atoms with E-state index >= 15 is 0 Å². The highest BCUT2D eigenvalue weighted by Gasteiger charge is 2.12. The van der Waals surface area contributed by atoms with Gasteiger partial charge in [-0.15, -0.1) is 0 Å². The highest BCUT2D eigenvalue weighted by molar-refractivity contribution is 9.10. The van der Waals surface area contributed by atoms with Crippen LogP contribution < -0.4 is 5.56 Å². The van der Waals surface area contributed by atoms with Crippen LogP contribution in [0.25, 0.3) is 0 Å². The second kappa shape index (κ2) is 5.68. The van der Waals surface area contributed by atoms with E-state index < -0.39 is 0 Å². The molecule has 0 saturated heterocycles. The lowest BCUT2D eigenvalue weighted by atomic mass is 10.1. The highest BCUT2D eigenvalue weighted by atomic mass is 79.9. The zero-order valence-corrected chi connectivity index (χ0v) is 12.0. The van der Waals surface area contributed by atoms with Crippen molar-refractivity contribution in [3.63, 3.8) is 0 Å². The number of nitrogens with zero attached hydrogens (tertiary/aromatic N) is 2. The third-order valence-electron chi connectivity index (χ3n) is 2.35. The Bertz CT molecular complexity index is 392. The average Bonchev–Trinajstić information content (AvgIpc) is 2.42. The summed E-state index contributed by atoms with van der Waals surface area (Å²) in [5.41, 5.74) is 1.04. The lowest BCUT2D eigenvalue weighted by Gasteiger charge is -2.09. The van der Waals surface area contributed by atoms with Gasteiger partial charge in [-0.05, 0) is 42.4 Å². The molecule has 0 unspecified atom stereocenters. The molecule has 0 aliphatic rings. The standard InChI is InChI=1S/C11H20BrN3O/c1-8(2)7-9-10(12)11(16)15(13-9)6-5-14(3)4/h8,13H,5-7H2,1-4H3. The van der Waals surface area contributed by atoms with Gasteiger partial charge in [-0.2, -0.15) is 0 Å². The number of hydrogen-bond donors (Lipinski definition) is 1. The molecule has 0 aliphatic carbocycles. The Morgan fingerprint density at radius 2 is 2.06 bits per heavy atom. The van der Waals surface area contributed by atoms with Crippen LogP contribution in [0.15, 0.2) is 9.27 Å². The van der Waals surface area contributed by atoms with Crippen LogP contribution in [0.2, 0.25) is 0 Å². The van der Waals surface area contributed by atoms with Gasteiger partial charge in [0, 0.05) is 6.54 Å². The summed E-state index contributed by atoms with van der Waals surface area (Å²) in [5, 5.41) is 3.17. The first-order chi connectivity index (χ1) is 7.41. The molecule has 0 aromatic carbocycles. The summed E-state index contributed by atoms with van der Waals surface area (Å²) in [4.78, 5) is 13.9. The monoisotopic (exact) mass is 289 g/mol. The van der Waals surface area contributed by atoms with Gasteiger partial charge >= 0.3 is 0 Å². The average molecular weight is 290 g/mol. The molecule has 5 heteroatoms. The second-order valence-corrected chi connectivity index (χ2v) is 5.56.